The molecule has 76 valence electrons. The average Bonchev–Trinajstić information content (AvgIpc) is 2.02. The fourth-order valence-corrected chi connectivity index (χ4v) is 3.21. The van der Waals surface area contributed by atoms with E-state index in [0.717, 1.165) is 0 Å². The maximum absolute atomic E-state index is 4.16. The molecule has 2 unspecified atom stereocenters. The van der Waals surface area contributed by atoms with Crippen LogP contribution in [-0.4, -0.2) is 26.2 Å². The highest BCUT2D eigenvalue weighted by atomic mass is 15.2. The minimum atomic E-state index is 0.602. The molecule has 0 aromatic carbocycles. The number of quaternary nitrogens is 2. The summed E-state index contributed by atoms with van der Waals surface area (Å²) in [5, 5.41) is 0. The van der Waals surface area contributed by atoms with Gasteiger partial charge >= 0.3 is 0 Å². The Kier molecular flexibility index (Phi) is 2.61. The average molecular weight is 182 g/mol. The predicted octanol–water partition coefficient (Wildman–Crippen LogP) is -1.09. The van der Waals surface area contributed by atoms with Gasteiger partial charge in [-0.05, 0) is 25.7 Å². The molecule has 2 fully saturated rings. The van der Waals surface area contributed by atoms with Crippen molar-refractivity contribution >= 4 is 0 Å². The molecule has 2 aliphatic rings. The van der Waals surface area contributed by atoms with Gasteiger partial charge in [0, 0.05) is 0 Å². The Bertz CT molecular complexity index is 159. The van der Waals surface area contributed by atoms with Gasteiger partial charge in [0.05, 0.1) is 31.6 Å². The lowest BCUT2D eigenvalue weighted by Crippen LogP contribution is -3.14. The SMILES string of the molecule is [CH2-][NH+]1CCCC2(CCC[NH+]([CH2-])C2)C1. The van der Waals surface area contributed by atoms with Crippen molar-refractivity contribution in [3.63, 3.8) is 0 Å². The van der Waals surface area contributed by atoms with Gasteiger partial charge in [-0.3, -0.25) is 0 Å². The summed E-state index contributed by atoms with van der Waals surface area (Å²) in [4.78, 5) is 2.97. The minimum absolute atomic E-state index is 0.602. The van der Waals surface area contributed by atoms with Crippen LogP contribution < -0.4 is 9.80 Å². The third-order valence-electron chi connectivity index (χ3n) is 3.72. The largest absolute Gasteiger partial charge is 0.467 e. The zero-order valence-corrected chi connectivity index (χ0v) is 8.57. The summed E-state index contributed by atoms with van der Waals surface area (Å²) >= 11 is 0. The number of hydrogen-bond acceptors (Lipinski definition) is 0. The summed E-state index contributed by atoms with van der Waals surface area (Å²) in [7, 11) is 8.32. The van der Waals surface area contributed by atoms with Crippen LogP contribution in [0.4, 0.5) is 0 Å². The molecule has 2 saturated heterocycles. The highest BCUT2D eigenvalue weighted by Crippen LogP contribution is 2.29. The van der Waals surface area contributed by atoms with Crippen LogP contribution in [0.1, 0.15) is 25.7 Å². The van der Waals surface area contributed by atoms with Crippen molar-refractivity contribution in [3.8, 4) is 0 Å². The van der Waals surface area contributed by atoms with E-state index in [1.54, 1.807) is 0 Å². The van der Waals surface area contributed by atoms with Gasteiger partial charge in [0.15, 0.2) is 0 Å². The molecule has 0 amide bonds. The summed E-state index contributed by atoms with van der Waals surface area (Å²) < 4.78 is 0. The quantitative estimate of drug-likeness (QED) is 0.441. The van der Waals surface area contributed by atoms with E-state index in [1.165, 1.54) is 61.7 Å². The Morgan fingerprint density at radius 1 is 0.846 bits per heavy atom. The van der Waals surface area contributed by atoms with Crippen LogP contribution in [0.3, 0.4) is 0 Å². The van der Waals surface area contributed by atoms with Crippen molar-refractivity contribution in [2.45, 2.75) is 25.7 Å². The van der Waals surface area contributed by atoms with Gasteiger partial charge in [-0.15, -0.1) is 0 Å². The Morgan fingerprint density at radius 2 is 1.31 bits per heavy atom. The molecule has 2 rings (SSSR count). The first-order chi connectivity index (χ1) is 6.20. The second kappa shape index (κ2) is 3.58. The molecule has 2 N–H and O–H groups in total. The Labute approximate surface area is 81.9 Å². The topological polar surface area (TPSA) is 8.88 Å². The normalized spacial score (nSPS) is 46.6. The molecule has 0 saturated carbocycles. The molecule has 0 aromatic heterocycles. The summed E-state index contributed by atoms with van der Waals surface area (Å²) in [5.41, 5.74) is 0.602. The zero-order valence-electron chi connectivity index (χ0n) is 8.57. The second-order valence-corrected chi connectivity index (χ2v) is 5.06. The van der Waals surface area contributed by atoms with E-state index in [4.69, 9.17) is 0 Å². The van der Waals surface area contributed by atoms with Crippen LogP contribution in [0.5, 0.6) is 0 Å². The molecule has 2 nitrogen and oxygen atoms in total. The molecule has 13 heavy (non-hydrogen) atoms. The molecule has 0 aliphatic carbocycles. The first kappa shape index (κ1) is 9.47. The van der Waals surface area contributed by atoms with Gasteiger partial charge < -0.3 is 9.80 Å². The zero-order chi connectivity index (χ0) is 9.31. The molecule has 2 heterocycles. The van der Waals surface area contributed by atoms with Gasteiger partial charge in [-0.25, -0.2) is 0 Å². The lowest BCUT2D eigenvalue weighted by molar-refractivity contribution is -0.900. The summed E-state index contributed by atoms with van der Waals surface area (Å²) in [6.45, 7) is 5.11. The summed E-state index contributed by atoms with van der Waals surface area (Å²) in [5.74, 6) is 0. The van der Waals surface area contributed by atoms with Gasteiger partial charge in [0.2, 0.25) is 0 Å². The standard InChI is InChI=1S/C11H22N2/c1-12-7-3-5-11(9-12)6-4-8-13(2)10-11/h12-13H,1-10H2. The van der Waals surface area contributed by atoms with Crippen molar-refractivity contribution in [2.75, 3.05) is 26.2 Å². The second-order valence-electron chi connectivity index (χ2n) is 5.06. The van der Waals surface area contributed by atoms with E-state index in [-0.39, 0.29) is 0 Å². The number of likely N-dealkylation sites (tertiary alicyclic amines) is 2. The number of hydrogen-bond donors (Lipinski definition) is 2. The first-order valence-corrected chi connectivity index (χ1v) is 5.54. The first-order valence-electron chi connectivity index (χ1n) is 5.54. The van der Waals surface area contributed by atoms with Crippen LogP contribution in [0, 0.1) is 19.5 Å². The van der Waals surface area contributed by atoms with Crippen molar-refractivity contribution in [1.29, 1.82) is 0 Å². The van der Waals surface area contributed by atoms with Gasteiger partial charge in [-0.2, -0.15) is 14.1 Å². The predicted molar refractivity (Wildman–Crippen MR) is 53.0 cm³/mol. The number of rotatable bonds is 0. The van der Waals surface area contributed by atoms with Gasteiger partial charge in [0.25, 0.3) is 0 Å². The molecule has 0 aromatic rings. The van der Waals surface area contributed by atoms with E-state index in [9.17, 15) is 0 Å². The Hall–Kier alpha value is -0.0800. The van der Waals surface area contributed by atoms with Crippen molar-refractivity contribution < 1.29 is 9.80 Å². The molecule has 2 heteroatoms. The van der Waals surface area contributed by atoms with Gasteiger partial charge in [0.1, 0.15) is 0 Å². The summed E-state index contributed by atoms with van der Waals surface area (Å²) in [6, 6.07) is 0. The Morgan fingerprint density at radius 3 is 1.69 bits per heavy atom. The van der Waals surface area contributed by atoms with Gasteiger partial charge in [-0.1, -0.05) is 0 Å². The van der Waals surface area contributed by atoms with Crippen LogP contribution in [-0.2, 0) is 0 Å². The molecule has 1 spiro atoms. The third-order valence-corrected chi connectivity index (χ3v) is 3.72. The van der Waals surface area contributed by atoms with E-state index in [2.05, 4.69) is 14.1 Å². The smallest absolute Gasteiger partial charge is 0.0644 e. The van der Waals surface area contributed by atoms with Crippen molar-refractivity contribution in [1.82, 2.24) is 0 Å². The van der Waals surface area contributed by atoms with E-state index in [0.29, 0.717) is 5.41 Å². The highest BCUT2D eigenvalue weighted by molar-refractivity contribution is 4.82. The van der Waals surface area contributed by atoms with Crippen LogP contribution in [0.2, 0.25) is 0 Å². The highest BCUT2D eigenvalue weighted by Gasteiger charge is 2.39. The number of nitrogens with one attached hydrogen (secondary N) is 2. The van der Waals surface area contributed by atoms with E-state index in [1.807, 2.05) is 0 Å². The fraction of sp³-hybridized carbons (Fsp3) is 0.818. The van der Waals surface area contributed by atoms with E-state index < -0.39 is 0 Å². The summed E-state index contributed by atoms with van der Waals surface area (Å²) in [6.07, 6.45) is 5.58. The molecular weight excluding hydrogens is 160 g/mol. The van der Waals surface area contributed by atoms with E-state index >= 15 is 0 Å². The molecular formula is C11H22N2. The molecule has 0 bridgehead atoms. The molecule has 2 aliphatic heterocycles. The fourth-order valence-electron chi connectivity index (χ4n) is 3.21. The lowest BCUT2D eigenvalue weighted by atomic mass is 9.74. The van der Waals surface area contributed by atoms with Crippen LogP contribution in [0.25, 0.3) is 0 Å². The Balaban J connectivity index is 2.00. The molecule has 2 atom stereocenters. The third kappa shape index (κ3) is 2.05. The van der Waals surface area contributed by atoms with Crippen molar-refractivity contribution in [2.24, 2.45) is 5.41 Å². The van der Waals surface area contributed by atoms with Crippen LogP contribution >= 0.6 is 0 Å². The maximum Gasteiger partial charge on any atom is 0.0644 e. The molecule has 0 radical (unpaired) electrons. The lowest BCUT2D eigenvalue weighted by Gasteiger charge is -2.47. The van der Waals surface area contributed by atoms with Crippen molar-refractivity contribution in [3.05, 3.63) is 14.1 Å². The monoisotopic (exact) mass is 182 g/mol. The van der Waals surface area contributed by atoms with Crippen LogP contribution in [0.15, 0.2) is 0 Å². The maximum atomic E-state index is 4.16. The minimum Gasteiger partial charge on any atom is -0.467 e. The number of piperidine rings is 2.